The molecule has 0 unspecified atom stereocenters. The molecule has 0 spiro atoms. The van der Waals surface area contributed by atoms with Gasteiger partial charge in [-0.15, -0.1) is 0 Å². The molecule has 17 heavy (non-hydrogen) atoms. The second-order valence-electron chi connectivity index (χ2n) is 3.32. The number of amides is 1. The number of rotatable bonds is 8. The predicted octanol–water partition coefficient (Wildman–Crippen LogP) is -4.96. The second kappa shape index (κ2) is 8.31. The average molecular weight is 254 g/mol. The number of nitrogens with one attached hydrogen (secondary N) is 2. The van der Waals surface area contributed by atoms with E-state index in [1.807, 2.05) is 5.43 Å². The van der Waals surface area contributed by atoms with Gasteiger partial charge in [0.2, 0.25) is 0 Å². The summed E-state index contributed by atoms with van der Waals surface area (Å²) < 4.78 is 0. The summed E-state index contributed by atoms with van der Waals surface area (Å²) in [5, 5.41) is 53.7. The van der Waals surface area contributed by atoms with Crippen LogP contribution in [-0.2, 0) is 4.79 Å². The number of carbonyl (C=O) groups excluding carboxylic acids is 1. The minimum atomic E-state index is -1.99. The molecule has 0 saturated carbocycles. The highest BCUT2D eigenvalue weighted by Gasteiger charge is 2.33. The third-order valence-corrected chi connectivity index (χ3v) is 1.97. The molecule has 0 heterocycles. The van der Waals surface area contributed by atoms with E-state index in [1.165, 1.54) is 0 Å². The van der Waals surface area contributed by atoms with Gasteiger partial charge >= 0.3 is 0 Å². The minimum Gasteiger partial charge on any atom is -0.395 e. The van der Waals surface area contributed by atoms with Crippen molar-refractivity contribution in [2.45, 2.75) is 24.4 Å². The fraction of sp³-hybridized carbons (Fsp3) is 0.875. The Morgan fingerprint density at radius 1 is 1.06 bits per heavy atom. The van der Waals surface area contributed by atoms with Crippen LogP contribution < -0.4 is 10.9 Å². The van der Waals surface area contributed by atoms with Crippen molar-refractivity contribution in [1.29, 1.82) is 0 Å². The summed E-state index contributed by atoms with van der Waals surface area (Å²) in [6, 6.07) is 0. The van der Waals surface area contributed by atoms with Gasteiger partial charge < -0.3 is 30.6 Å². The maximum absolute atomic E-state index is 11.2. The van der Waals surface area contributed by atoms with Gasteiger partial charge in [0.15, 0.2) is 6.10 Å². The molecule has 102 valence electrons. The Hall–Kier alpha value is -0.810. The first-order valence-electron chi connectivity index (χ1n) is 4.92. The van der Waals surface area contributed by atoms with Gasteiger partial charge in [0.1, 0.15) is 18.3 Å². The molecule has 0 saturated heterocycles. The summed E-state index contributed by atoms with van der Waals surface area (Å²) in [6.07, 6.45) is -7.47. The molecule has 0 aliphatic heterocycles. The summed E-state index contributed by atoms with van der Waals surface area (Å²) in [6.45, 7) is -1.03. The molecule has 0 aromatic rings. The third-order valence-electron chi connectivity index (χ3n) is 1.97. The lowest BCUT2D eigenvalue weighted by Crippen LogP contribution is -2.54. The number of hydrogen-bond acceptors (Lipinski definition) is 8. The Bertz CT molecular complexity index is 228. The summed E-state index contributed by atoms with van der Waals surface area (Å²) in [5.41, 5.74) is 4.20. The van der Waals surface area contributed by atoms with Crippen LogP contribution in [0, 0.1) is 0 Å². The minimum absolute atomic E-state index is 0.0381. The van der Waals surface area contributed by atoms with Crippen LogP contribution in [0.4, 0.5) is 0 Å². The van der Waals surface area contributed by atoms with Crippen molar-refractivity contribution in [3.63, 3.8) is 0 Å². The average Bonchev–Trinajstić information content (AvgIpc) is 2.35. The lowest BCUT2D eigenvalue weighted by atomic mass is 10.0. The van der Waals surface area contributed by atoms with Gasteiger partial charge in [-0.3, -0.25) is 10.2 Å². The zero-order chi connectivity index (χ0) is 13.4. The van der Waals surface area contributed by atoms with Crippen molar-refractivity contribution in [1.82, 2.24) is 10.9 Å². The Kier molecular flexibility index (Phi) is 7.91. The smallest absolute Gasteiger partial charge is 0.265 e. The molecule has 0 radical (unpaired) electrons. The molecule has 9 heteroatoms. The second-order valence-corrected chi connectivity index (χ2v) is 3.32. The lowest BCUT2D eigenvalue weighted by Gasteiger charge is -2.24. The van der Waals surface area contributed by atoms with Gasteiger partial charge in [0.05, 0.1) is 13.2 Å². The van der Waals surface area contributed by atoms with Gasteiger partial charge in [0, 0.05) is 6.54 Å². The Morgan fingerprint density at radius 3 is 2.12 bits per heavy atom. The van der Waals surface area contributed by atoms with Crippen LogP contribution in [0.25, 0.3) is 0 Å². The molecule has 0 aromatic heterocycles. The van der Waals surface area contributed by atoms with Gasteiger partial charge in [-0.25, -0.2) is 5.43 Å². The van der Waals surface area contributed by atoms with E-state index in [-0.39, 0.29) is 13.2 Å². The zero-order valence-corrected chi connectivity index (χ0v) is 9.02. The van der Waals surface area contributed by atoms with E-state index < -0.39 is 36.9 Å². The first-order chi connectivity index (χ1) is 7.95. The normalized spacial score (nSPS) is 18.2. The number of aliphatic hydroxyl groups is 6. The molecule has 0 rings (SSSR count). The zero-order valence-electron chi connectivity index (χ0n) is 9.02. The number of carbonyl (C=O) groups is 1. The largest absolute Gasteiger partial charge is 0.395 e. The molecule has 1 amide bonds. The first-order valence-corrected chi connectivity index (χ1v) is 4.92. The van der Waals surface area contributed by atoms with Crippen molar-refractivity contribution >= 4 is 5.91 Å². The maximum Gasteiger partial charge on any atom is 0.265 e. The Balaban J connectivity index is 4.18. The van der Waals surface area contributed by atoms with Crippen LogP contribution in [0.3, 0.4) is 0 Å². The van der Waals surface area contributed by atoms with Crippen LogP contribution in [0.1, 0.15) is 0 Å². The Labute approximate surface area is 97.3 Å². The molecule has 8 N–H and O–H groups in total. The number of hydrazine groups is 1. The van der Waals surface area contributed by atoms with E-state index in [4.69, 9.17) is 15.3 Å². The van der Waals surface area contributed by atoms with E-state index >= 15 is 0 Å². The van der Waals surface area contributed by atoms with E-state index in [1.54, 1.807) is 0 Å². The van der Waals surface area contributed by atoms with E-state index in [9.17, 15) is 20.1 Å². The predicted molar refractivity (Wildman–Crippen MR) is 54.3 cm³/mol. The summed E-state index contributed by atoms with van der Waals surface area (Å²) >= 11 is 0. The van der Waals surface area contributed by atoms with Crippen molar-refractivity contribution in [3.05, 3.63) is 0 Å². The van der Waals surface area contributed by atoms with Crippen LogP contribution in [0.2, 0.25) is 0 Å². The van der Waals surface area contributed by atoms with Crippen molar-refractivity contribution < 1.29 is 35.4 Å². The topological polar surface area (TPSA) is 163 Å². The van der Waals surface area contributed by atoms with Crippen LogP contribution in [-0.4, -0.2) is 80.7 Å². The van der Waals surface area contributed by atoms with E-state index in [0.29, 0.717) is 0 Å². The third kappa shape index (κ3) is 5.37. The highest BCUT2D eigenvalue weighted by Crippen LogP contribution is 2.04. The van der Waals surface area contributed by atoms with E-state index in [0.717, 1.165) is 0 Å². The molecular formula is C8H18N2O7. The van der Waals surface area contributed by atoms with Gasteiger partial charge in [-0.1, -0.05) is 0 Å². The quantitative estimate of drug-likeness (QED) is 0.158. The molecule has 0 aliphatic carbocycles. The number of hydrogen-bond donors (Lipinski definition) is 8. The van der Waals surface area contributed by atoms with Gasteiger partial charge in [-0.2, -0.15) is 0 Å². The standard InChI is InChI=1S/C8H18N2O7/c11-2-1-9-10-8(17)7(16)6(15)5(14)4(13)3-12/h4-7,9,11-16H,1-3H2,(H,10,17)/t4-,5-,6+,7-/m1/s1. The van der Waals surface area contributed by atoms with Crippen LogP contribution >= 0.6 is 0 Å². The summed E-state index contributed by atoms with van der Waals surface area (Å²) in [5.74, 6) is -1.05. The first kappa shape index (κ1) is 16.2. The van der Waals surface area contributed by atoms with Gasteiger partial charge in [0.25, 0.3) is 5.91 Å². The fourth-order valence-electron chi connectivity index (χ4n) is 0.957. The molecular weight excluding hydrogens is 236 g/mol. The molecule has 0 aliphatic rings. The molecule has 4 atom stereocenters. The summed E-state index contributed by atoms with van der Waals surface area (Å²) in [4.78, 5) is 11.2. The molecule has 0 fully saturated rings. The number of aliphatic hydroxyl groups excluding tert-OH is 6. The lowest BCUT2D eigenvalue weighted by molar-refractivity contribution is -0.149. The van der Waals surface area contributed by atoms with Crippen LogP contribution in [0.5, 0.6) is 0 Å². The van der Waals surface area contributed by atoms with Gasteiger partial charge in [-0.05, 0) is 0 Å². The molecule has 0 bridgehead atoms. The summed E-state index contributed by atoms with van der Waals surface area (Å²) in [7, 11) is 0. The fourth-order valence-corrected chi connectivity index (χ4v) is 0.957. The van der Waals surface area contributed by atoms with Crippen molar-refractivity contribution in [3.8, 4) is 0 Å². The van der Waals surface area contributed by atoms with Crippen molar-refractivity contribution in [2.75, 3.05) is 19.8 Å². The Morgan fingerprint density at radius 2 is 1.65 bits per heavy atom. The van der Waals surface area contributed by atoms with Crippen LogP contribution in [0.15, 0.2) is 0 Å². The highest BCUT2D eigenvalue weighted by molar-refractivity contribution is 5.80. The monoisotopic (exact) mass is 254 g/mol. The molecule has 9 nitrogen and oxygen atoms in total. The maximum atomic E-state index is 11.2. The highest BCUT2D eigenvalue weighted by atomic mass is 16.4. The van der Waals surface area contributed by atoms with E-state index in [2.05, 4.69) is 5.43 Å². The molecule has 0 aromatic carbocycles. The SMILES string of the molecule is O=C(NNCCO)[C@H](O)[C@@H](O)[C@H](O)[C@H](O)CO. The van der Waals surface area contributed by atoms with Crippen molar-refractivity contribution in [2.24, 2.45) is 0 Å².